The van der Waals surface area contributed by atoms with Gasteiger partial charge in [-0.15, -0.1) is 0 Å². The molecule has 2 aromatic rings. The summed E-state index contributed by atoms with van der Waals surface area (Å²) < 4.78 is 53.4. The number of nitrogens with zero attached hydrogens (tertiary/aromatic N) is 2. The topological polar surface area (TPSA) is 104 Å². The van der Waals surface area contributed by atoms with Gasteiger partial charge in [0.15, 0.2) is 0 Å². The number of rotatable bonds is 5. The molecule has 32 heavy (non-hydrogen) atoms. The molecule has 2 aromatic carbocycles. The minimum absolute atomic E-state index is 0.0983. The normalized spacial score (nSPS) is 19.1. The third kappa shape index (κ3) is 4.53. The predicted molar refractivity (Wildman–Crippen MR) is 124 cm³/mol. The lowest BCUT2D eigenvalue weighted by molar-refractivity contribution is 0.102. The van der Waals surface area contributed by atoms with E-state index in [1.165, 1.54) is 20.7 Å². The van der Waals surface area contributed by atoms with Crippen molar-refractivity contribution in [1.29, 1.82) is 0 Å². The molecule has 2 heterocycles. The molecule has 0 bridgehead atoms. The Bertz CT molecular complexity index is 1240. The second-order valence-electron chi connectivity index (χ2n) is 8.19. The number of sulfonamides is 2. The average Bonchev–Trinajstić information content (AvgIpc) is 3.14. The smallest absolute Gasteiger partial charge is 0.255 e. The third-order valence-corrected chi connectivity index (χ3v) is 9.78. The van der Waals surface area contributed by atoms with Crippen molar-refractivity contribution < 1.29 is 21.6 Å². The maximum absolute atomic E-state index is 13.1. The number of nitrogens with one attached hydrogen (secondary N) is 1. The lowest BCUT2D eigenvalue weighted by Gasteiger charge is -2.26. The van der Waals surface area contributed by atoms with Crippen molar-refractivity contribution in [2.45, 2.75) is 37.5 Å². The maximum atomic E-state index is 13.1. The lowest BCUT2D eigenvalue weighted by Crippen LogP contribution is -2.36. The van der Waals surface area contributed by atoms with Gasteiger partial charge in [0.25, 0.3) is 5.91 Å². The monoisotopic (exact) mass is 477 g/mol. The number of aryl methyl sites for hydroxylation is 1. The van der Waals surface area contributed by atoms with Gasteiger partial charge in [-0.25, -0.2) is 16.8 Å². The summed E-state index contributed by atoms with van der Waals surface area (Å²) in [6.07, 6.45) is 3.27. The van der Waals surface area contributed by atoms with Crippen LogP contribution in [0.5, 0.6) is 0 Å². The second kappa shape index (κ2) is 8.84. The highest BCUT2D eigenvalue weighted by Crippen LogP contribution is 2.27. The number of carbonyl (C=O) groups is 1. The number of benzene rings is 2. The SMILES string of the molecule is Cc1ccc(NC(=O)c2cccc(N3CCCS3(=O)=O)c2)cc1S(=O)(=O)N1CCCCC1. The van der Waals surface area contributed by atoms with Crippen molar-refractivity contribution in [3.63, 3.8) is 0 Å². The van der Waals surface area contributed by atoms with E-state index in [9.17, 15) is 21.6 Å². The Morgan fingerprint density at radius 3 is 2.41 bits per heavy atom. The van der Waals surface area contributed by atoms with Gasteiger partial charge in [0.2, 0.25) is 20.0 Å². The van der Waals surface area contributed by atoms with Crippen molar-refractivity contribution in [3.8, 4) is 0 Å². The molecule has 172 valence electrons. The quantitative estimate of drug-likeness (QED) is 0.713. The molecule has 0 saturated carbocycles. The van der Waals surface area contributed by atoms with Crippen molar-refractivity contribution in [2.24, 2.45) is 0 Å². The Kier molecular flexibility index (Phi) is 6.28. The Hall–Kier alpha value is -2.43. The predicted octanol–water partition coefficient (Wildman–Crippen LogP) is 2.96. The molecule has 0 aliphatic carbocycles. The van der Waals surface area contributed by atoms with Crippen LogP contribution in [0.1, 0.15) is 41.6 Å². The molecule has 10 heteroatoms. The zero-order valence-corrected chi connectivity index (χ0v) is 19.6. The number of amides is 1. The van der Waals surface area contributed by atoms with Gasteiger partial charge in [-0.05, 0) is 62.1 Å². The molecule has 2 saturated heterocycles. The zero-order valence-electron chi connectivity index (χ0n) is 18.0. The Balaban J connectivity index is 1.57. The van der Waals surface area contributed by atoms with Gasteiger partial charge in [0.05, 0.1) is 16.3 Å². The van der Waals surface area contributed by atoms with E-state index in [2.05, 4.69) is 5.32 Å². The Morgan fingerprint density at radius 2 is 1.72 bits per heavy atom. The van der Waals surface area contributed by atoms with E-state index < -0.39 is 26.0 Å². The van der Waals surface area contributed by atoms with Crippen LogP contribution in [0.15, 0.2) is 47.4 Å². The van der Waals surface area contributed by atoms with Crippen LogP contribution in [-0.2, 0) is 20.0 Å². The molecule has 2 aliphatic rings. The summed E-state index contributed by atoms with van der Waals surface area (Å²) in [5.74, 6) is -0.338. The number of anilines is 2. The van der Waals surface area contributed by atoms with E-state index in [1.807, 2.05) is 0 Å². The molecule has 2 fully saturated rings. The number of hydrogen-bond acceptors (Lipinski definition) is 5. The van der Waals surface area contributed by atoms with E-state index in [-0.39, 0.29) is 10.6 Å². The highest BCUT2D eigenvalue weighted by Gasteiger charge is 2.29. The van der Waals surface area contributed by atoms with Crippen LogP contribution in [0.25, 0.3) is 0 Å². The fourth-order valence-electron chi connectivity index (χ4n) is 4.14. The molecule has 1 amide bonds. The standard InChI is InChI=1S/C22H27N3O5S2/c1-17-9-10-19(16-21(17)32(29,30)24-11-3-2-4-12-24)23-22(26)18-7-5-8-20(15-18)25-13-6-14-31(25,27)28/h5,7-10,15-16H,2-4,6,11-14H2,1H3,(H,23,26). The van der Waals surface area contributed by atoms with Crippen LogP contribution in [0.3, 0.4) is 0 Å². The van der Waals surface area contributed by atoms with Crippen LogP contribution in [0.4, 0.5) is 11.4 Å². The van der Waals surface area contributed by atoms with Gasteiger partial charge < -0.3 is 5.32 Å². The van der Waals surface area contributed by atoms with E-state index in [0.29, 0.717) is 48.6 Å². The molecule has 1 N–H and O–H groups in total. The molecular formula is C22H27N3O5S2. The molecule has 8 nitrogen and oxygen atoms in total. The fraction of sp³-hybridized carbons (Fsp3) is 0.409. The first kappa shape index (κ1) is 22.8. The molecule has 0 atom stereocenters. The summed E-state index contributed by atoms with van der Waals surface area (Å²) in [6, 6.07) is 11.3. The second-order valence-corrected chi connectivity index (χ2v) is 12.1. The third-order valence-electron chi connectivity index (χ3n) is 5.87. The number of hydrogen-bond donors (Lipinski definition) is 1. The van der Waals surface area contributed by atoms with Crippen molar-refractivity contribution in [2.75, 3.05) is 35.0 Å². The number of carbonyl (C=O) groups excluding carboxylic acids is 1. The van der Waals surface area contributed by atoms with E-state index in [4.69, 9.17) is 0 Å². The first-order chi connectivity index (χ1) is 15.2. The van der Waals surface area contributed by atoms with Crippen LogP contribution in [-0.4, -0.2) is 52.4 Å². The molecule has 4 rings (SSSR count). The summed E-state index contributed by atoms with van der Waals surface area (Å²) in [5.41, 5.74) is 1.74. The summed E-state index contributed by atoms with van der Waals surface area (Å²) in [7, 11) is -6.99. The van der Waals surface area contributed by atoms with Gasteiger partial charge in [-0.1, -0.05) is 18.6 Å². The first-order valence-electron chi connectivity index (χ1n) is 10.7. The van der Waals surface area contributed by atoms with Crippen LogP contribution < -0.4 is 9.62 Å². The molecular weight excluding hydrogens is 450 g/mol. The summed E-state index contributed by atoms with van der Waals surface area (Å²) >= 11 is 0. The summed E-state index contributed by atoms with van der Waals surface area (Å²) in [5, 5.41) is 2.75. The molecule has 0 aromatic heterocycles. The van der Waals surface area contributed by atoms with Gasteiger partial charge >= 0.3 is 0 Å². The fourth-order valence-corrected chi connectivity index (χ4v) is 7.46. The summed E-state index contributed by atoms with van der Waals surface area (Å²) in [6.45, 7) is 3.14. The maximum Gasteiger partial charge on any atom is 0.255 e. The Labute approximate surface area is 189 Å². The molecule has 0 unspecified atom stereocenters. The van der Waals surface area contributed by atoms with Gasteiger partial charge in [-0.3, -0.25) is 9.10 Å². The van der Waals surface area contributed by atoms with Crippen LogP contribution >= 0.6 is 0 Å². The van der Waals surface area contributed by atoms with Crippen LogP contribution in [0.2, 0.25) is 0 Å². The largest absolute Gasteiger partial charge is 0.322 e. The van der Waals surface area contributed by atoms with E-state index in [0.717, 1.165) is 19.3 Å². The van der Waals surface area contributed by atoms with Crippen molar-refractivity contribution in [3.05, 3.63) is 53.6 Å². The lowest BCUT2D eigenvalue weighted by atomic mass is 10.1. The minimum Gasteiger partial charge on any atom is -0.322 e. The van der Waals surface area contributed by atoms with Crippen molar-refractivity contribution >= 4 is 37.3 Å². The average molecular weight is 478 g/mol. The Morgan fingerprint density at radius 1 is 0.969 bits per heavy atom. The van der Waals surface area contributed by atoms with Crippen LogP contribution in [0, 0.1) is 6.92 Å². The highest BCUT2D eigenvalue weighted by atomic mass is 32.2. The first-order valence-corrected chi connectivity index (χ1v) is 13.8. The zero-order chi connectivity index (χ0) is 22.9. The molecule has 0 radical (unpaired) electrons. The van der Waals surface area contributed by atoms with Gasteiger partial charge in [0, 0.05) is 30.9 Å². The number of piperidine rings is 1. The molecule has 0 spiro atoms. The highest BCUT2D eigenvalue weighted by molar-refractivity contribution is 7.93. The van der Waals surface area contributed by atoms with Gasteiger partial charge in [-0.2, -0.15) is 4.31 Å². The van der Waals surface area contributed by atoms with Gasteiger partial charge in [0.1, 0.15) is 0 Å². The van der Waals surface area contributed by atoms with E-state index >= 15 is 0 Å². The van der Waals surface area contributed by atoms with Crippen molar-refractivity contribution in [1.82, 2.24) is 4.31 Å². The van der Waals surface area contributed by atoms with E-state index in [1.54, 1.807) is 37.3 Å². The molecule has 2 aliphatic heterocycles. The minimum atomic E-state index is -3.64. The summed E-state index contributed by atoms with van der Waals surface area (Å²) in [4.78, 5) is 13.0.